The van der Waals surface area contributed by atoms with Crippen LogP contribution < -0.4 is 11.1 Å². The van der Waals surface area contributed by atoms with Crippen molar-refractivity contribution in [1.82, 2.24) is 14.8 Å². The summed E-state index contributed by atoms with van der Waals surface area (Å²) in [4.78, 5) is 45.1. The molecule has 302 valence electrons. The average molecular weight is 797 g/mol. The fourth-order valence-electron chi connectivity index (χ4n) is 7.72. The monoisotopic (exact) mass is 796 g/mol. The molecular formula is C46H54F2N4O4S. The van der Waals surface area contributed by atoms with Crippen molar-refractivity contribution in [2.45, 2.75) is 76.8 Å². The number of para-hydroxylation sites is 1. The number of hydrogen-bond donors (Lipinski definition) is 2. The molecule has 0 saturated heterocycles. The molecule has 0 fully saturated rings. The van der Waals surface area contributed by atoms with E-state index in [1.807, 2.05) is 68.1 Å². The van der Waals surface area contributed by atoms with Crippen LogP contribution in [0.2, 0.25) is 0 Å². The molecule has 57 heavy (non-hydrogen) atoms. The lowest BCUT2D eigenvalue weighted by Gasteiger charge is -2.32. The second kappa shape index (κ2) is 20.0. The molecule has 0 aliphatic carbocycles. The van der Waals surface area contributed by atoms with Gasteiger partial charge in [0.2, 0.25) is 0 Å². The van der Waals surface area contributed by atoms with E-state index in [1.165, 1.54) is 35.5 Å². The molecule has 0 spiro atoms. The molecule has 3 atom stereocenters. The SMILES string of the molecule is CCCN(CCC)C(=O)c1cc(C)cc(C(=O)OC(=O)C(c2c(SC)c3ccccc3n2C)[C@H](CNCc2cccc(CC)c2)[C@@H](N)Cc2cc(F)cc(F)c2)c1. The van der Waals surface area contributed by atoms with Crippen LogP contribution in [0.15, 0.2) is 89.8 Å². The van der Waals surface area contributed by atoms with Crippen molar-refractivity contribution >= 4 is 40.5 Å². The minimum Gasteiger partial charge on any atom is -0.389 e. The first kappa shape index (κ1) is 43.3. The molecule has 0 bridgehead atoms. The van der Waals surface area contributed by atoms with Gasteiger partial charge in [-0.15, -0.1) is 11.8 Å². The zero-order valence-corrected chi connectivity index (χ0v) is 34.6. The van der Waals surface area contributed by atoms with Gasteiger partial charge in [-0.2, -0.15) is 0 Å². The van der Waals surface area contributed by atoms with Crippen LogP contribution in [0, 0.1) is 24.5 Å². The number of carbonyl (C=O) groups is 3. The number of rotatable bonds is 18. The third-order valence-electron chi connectivity index (χ3n) is 10.4. The van der Waals surface area contributed by atoms with E-state index < -0.39 is 41.5 Å². The van der Waals surface area contributed by atoms with Gasteiger partial charge in [0.1, 0.15) is 17.6 Å². The van der Waals surface area contributed by atoms with E-state index in [-0.39, 0.29) is 24.4 Å². The number of aryl methyl sites for hydroxylation is 3. The highest BCUT2D eigenvalue weighted by Crippen LogP contribution is 2.41. The molecule has 5 rings (SSSR count). The lowest BCUT2D eigenvalue weighted by Crippen LogP contribution is -2.45. The summed E-state index contributed by atoms with van der Waals surface area (Å²) in [6, 6.07) is 23.2. The van der Waals surface area contributed by atoms with Crippen molar-refractivity contribution in [1.29, 1.82) is 0 Å². The van der Waals surface area contributed by atoms with Gasteiger partial charge in [-0.25, -0.2) is 13.6 Å². The molecule has 0 aliphatic heterocycles. The van der Waals surface area contributed by atoms with Crippen LogP contribution in [0.25, 0.3) is 10.9 Å². The summed E-state index contributed by atoms with van der Waals surface area (Å²) in [7, 11) is 1.87. The lowest BCUT2D eigenvalue weighted by molar-refractivity contribution is -0.141. The summed E-state index contributed by atoms with van der Waals surface area (Å²) in [5.74, 6) is -5.21. The van der Waals surface area contributed by atoms with Gasteiger partial charge in [-0.3, -0.25) is 9.59 Å². The van der Waals surface area contributed by atoms with Crippen molar-refractivity contribution in [3.63, 3.8) is 0 Å². The van der Waals surface area contributed by atoms with E-state index >= 15 is 0 Å². The van der Waals surface area contributed by atoms with Gasteiger partial charge in [0, 0.05) is 78.3 Å². The van der Waals surface area contributed by atoms with Crippen molar-refractivity contribution in [3.05, 3.63) is 136 Å². The zero-order valence-electron chi connectivity index (χ0n) is 33.7. The molecule has 1 amide bonds. The molecule has 1 aromatic heterocycles. The first-order valence-corrected chi connectivity index (χ1v) is 20.9. The maximum absolute atomic E-state index is 14.9. The topological polar surface area (TPSA) is 107 Å². The van der Waals surface area contributed by atoms with Gasteiger partial charge in [0.25, 0.3) is 5.91 Å². The van der Waals surface area contributed by atoms with Gasteiger partial charge in [-0.1, -0.05) is 63.2 Å². The Labute approximate surface area is 339 Å². The number of carbonyl (C=O) groups excluding carboxylic acids is 3. The minimum atomic E-state index is -1.10. The summed E-state index contributed by atoms with van der Waals surface area (Å²) in [5, 5.41) is 4.42. The first-order chi connectivity index (χ1) is 27.4. The van der Waals surface area contributed by atoms with Crippen molar-refractivity contribution < 1.29 is 27.9 Å². The van der Waals surface area contributed by atoms with Crippen LogP contribution in [0.4, 0.5) is 8.78 Å². The molecule has 8 nitrogen and oxygen atoms in total. The third kappa shape index (κ3) is 10.6. The highest BCUT2D eigenvalue weighted by molar-refractivity contribution is 7.98. The Morgan fingerprint density at radius 3 is 2.19 bits per heavy atom. The van der Waals surface area contributed by atoms with E-state index in [4.69, 9.17) is 10.5 Å². The predicted octanol–water partition coefficient (Wildman–Crippen LogP) is 8.75. The van der Waals surface area contributed by atoms with Crippen LogP contribution in [-0.2, 0) is 36.0 Å². The highest BCUT2D eigenvalue weighted by atomic mass is 32.2. The number of hydrogen-bond acceptors (Lipinski definition) is 7. The van der Waals surface area contributed by atoms with Gasteiger partial charge in [0.15, 0.2) is 0 Å². The Balaban J connectivity index is 1.59. The van der Waals surface area contributed by atoms with E-state index in [0.717, 1.165) is 46.7 Å². The molecule has 4 aromatic carbocycles. The fraction of sp³-hybridized carbons (Fsp3) is 0.370. The Bertz CT molecular complexity index is 2180. The molecule has 3 N–H and O–H groups in total. The van der Waals surface area contributed by atoms with E-state index in [9.17, 15) is 23.2 Å². The number of nitrogens with two attached hydrogens (primary N) is 1. The average Bonchev–Trinajstić information content (AvgIpc) is 3.46. The molecule has 11 heteroatoms. The van der Waals surface area contributed by atoms with E-state index in [0.29, 0.717) is 42.0 Å². The number of nitrogens with one attached hydrogen (secondary N) is 1. The third-order valence-corrected chi connectivity index (χ3v) is 11.2. The molecule has 5 aromatic rings. The maximum Gasteiger partial charge on any atom is 0.345 e. The number of amides is 1. The standard InChI is InChI=1S/C46H54F2N4O4S/c1-7-17-52(18-8-2)44(53)33-19-29(4)20-34(25-33)45(54)56-46(55)41(42-43(57-6)37-15-10-11-16-40(37)51(42)5)38(28-50-27-31-14-12-13-30(9-3)21-31)39(49)24-32-22-35(47)26-36(48)23-32/h10-16,19-23,25-26,38-39,41,50H,7-9,17-18,24,27-28,49H2,1-6H3/t38-,39+,41?/m1/s1. The number of fused-ring (bicyclic) bond motifs is 1. The summed E-state index contributed by atoms with van der Waals surface area (Å²) in [6.07, 6.45) is 4.40. The van der Waals surface area contributed by atoms with Crippen LogP contribution in [0.5, 0.6) is 0 Å². The van der Waals surface area contributed by atoms with Crippen LogP contribution in [0.1, 0.15) is 88.2 Å². The fourth-order valence-corrected chi connectivity index (χ4v) is 8.58. The Morgan fingerprint density at radius 1 is 0.860 bits per heavy atom. The second-order valence-electron chi connectivity index (χ2n) is 14.7. The normalized spacial score (nSPS) is 13.0. The molecule has 1 heterocycles. The smallest absolute Gasteiger partial charge is 0.345 e. The molecule has 0 radical (unpaired) electrons. The lowest BCUT2D eigenvalue weighted by atomic mass is 9.81. The number of esters is 2. The highest BCUT2D eigenvalue weighted by Gasteiger charge is 2.40. The Hall–Kier alpha value is -4.84. The van der Waals surface area contributed by atoms with Crippen LogP contribution in [-0.4, -0.2) is 59.2 Å². The van der Waals surface area contributed by atoms with Crippen molar-refractivity contribution in [2.24, 2.45) is 18.7 Å². The maximum atomic E-state index is 14.9. The van der Waals surface area contributed by atoms with E-state index in [2.05, 4.69) is 24.4 Å². The Kier molecular flexibility index (Phi) is 15.2. The van der Waals surface area contributed by atoms with Crippen molar-refractivity contribution in [3.8, 4) is 0 Å². The number of halogens is 2. The number of benzene rings is 4. The summed E-state index contributed by atoms with van der Waals surface area (Å²) < 4.78 is 36.7. The molecule has 1 unspecified atom stereocenters. The van der Waals surface area contributed by atoms with Gasteiger partial charge in [-0.05, 0) is 97.5 Å². The van der Waals surface area contributed by atoms with Crippen LogP contribution >= 0.6 is 11.8 Å². The van der Waals surface area contributed by atoms with Gasteiger partial charge >= 0.3 is 11.9 Å². The molecular weight excluding hydrogens is 743 g/mol. The number of aromatic nitrogens is 1. The largest absolute Gasteiger partial charge is 0.389 e. The molecule has 0 aliphatic rings. The molecule has 0 saturated carbocycles. The van der Waals surface area contributed by atoms with E-state index in [1.54, 1.807) is 24.0 Å². The van der Waals surface area contributed by atoms with Gasteiger partial charge in [0.05, 0.1) is 5.56 Å². The first-order valence-electron chi connectivity index (χ1n) is 19.7. The summed E-state index contributed by atoms with van der Waals surface area (Å²) in [6.45, 7) is 9.69. The second-order valence-corrected chi connectivity index (χ2v) is 15.5. The number of nitrogens with zero attached hydrogens (tertiary/aromatic N) is 2. The zero-order chi connectivity index (χ0) is 41.2. The van der Waals surface area contributed by atoms with Crippen molar-refractivity contribution in [2.75, 3.05) is 25.9 Å². The quantitative estimate of drug-likeness (QED) is 0.0519. The Morgan fingerprint density at radius 2 is 1.53 bits per heavy atom. The van der Waals surface area contributed by atoms with Crippen LogP contribution in [0.3, 0.4) is 0 Å². The summed E-state index contributed by atoms with van der Waals surface area (Å²) in [5.41, 5.74) is 12.2. The van der Waals surface area contributed by atoms with Gasteiger partial charge < -0.3 is 25.3 Å². The minimum absolute atomic E-state index is 0.0397. The number of thioether (sulfide) groups is 1. The number of ether oxygens (including phenoxy) is 1. The summed E-state index contributed by atoms with van der Waals surface area (Å²) >= 11 is 1.47. The predicted molar refractivity (Wildman–Crippen MR) is 225 cm³/mol.